The molecule has 0 spiro atoms. The van der Waals surface area contributed by atoms with Crippen LogP contribution in [0.4, 0.5) is 8.78 Å². The molecule has 0 atom stereocenters. The smallest absolute Gasteiger partial charge is 0.254 e. The van der Waals surface area contributed by atoms with Crippen LogP contribution in [0.2, 0.25) is 0 Å². The maximum atomic E-state index is 13.9. The number of fused-ring (bicyclic) bond motifs is 1. The molecule has 3 rings (SSSR count). The maximum absolute atomic E-state index is 13.9. The van der Waals surface area contributed by atoms with Crippen molar-refractivity contribution in [3.05, 3.63) is 52.5 Å². The Kier molecular flexibility index (Phi) is 5.06. The Morgan fingerprint density at radius 3 is 2.81 bits per heavy atom. The molecule has 0 saturated heterocycles. The number of carbonyl (C=O) groups excluding carboxylic acids is 1. The molecule has 2 N–H and O–H groups in total. The number of aryl methyl sites for hydroxylation is 3. The van der Waals surface area contributed by atoms with Crippen LogP contribution in [-0.2, 0) is 13.0 Å². The fourth-order valence-electron chi connectivity index (χ4n) is 3.21. The highest BCUT2D eigenvalue weighted by Crippen LogP contribution is 2.25. The van der Waals surface area contributed by atoms with Gasteiger partial charge in [0.25, 0.3) is 5.91 Å². The fourth-order valence-corrected chi connectivity index (χ4v) is 3.21. The Balaban J connectivity index is 1.71. The highest BCUT2D eigenvalue weighted by atomic mass is 19.1. The minimum atomic E-state index is -0.614. The molecule has 0 fully saturated rings. The molecular formula is C19H22F2N4O. The van der Waals surface area contributed by atoms with Gasteiger partial charge in [-0.1, -0.05) is 6.92 Å². The van der Waals surface area contributed by atoms with Gasteiger partial charge >= 0.3 is 0 Å². The summed E-state index contributed by atoms with van der Waals surface area (Å²) in [5.41, 5.74) is 3.10. The molecule has 2 heterocycles. The van der Waals surface area contributed by atoms with Gasteiger partial charge in [0.2, 0.25) is 0 Å². The number of nitrogens with zero attached hydrogens (tertiary/aromatic N) is 2. The molecule has 7 heteroatoms. The summed E-state index contributed by atoms with van der Waals surface area (Å²) in [7, 11) is 0. The number of aromatic amines is 1. The quantitative estimate of drug-likeness (QED) is 0.705. The zero-order valence-corrected chi connectivity index (χ0v) is 15.1. The lowest BCUT2D eigenvalue weighted by atomic mass is 10.1. The Morgan fingerprint density at radius 2 is 2.08 bits per heavy atom. The lowest BCUT2D eigenvalue weighted by molar-refractivity contribution is 0.0953. The van der Waals surface area contributed by atoms with Crippen molar-refractivity contribution < 1.29 is 13.6 Å². The third-order valence-electron chi connectivity index (χ3n) is 4.45. The Bertz CT molecular complexity index is 958. The first kappa shape index (κ1) is 18.1. The zero-order chi connectivity index (χ0) is 18.8. The van der Waals surface area contributed by atoms with Crippen LogP contribution < -0.4 is 5.32 Å². The molecule has 0 bridgehead atoms. The number of carbonyl (C=O) groups is 1. The molecule has 1 amide bonds. The number of rotatable bonds is 6. The van der Waals surface area contributed by atoms with Crippen molar-refractivity contribution in [1.29, 1.82) is 0 Å². The number of halogens is 2. The van der Waals surface area contributed by atoms with E-state index < -0.39 is 11.6 Å². The molecule has 0 radical (unpaired) electrons. The van der Waals surface area contributed by atoms with Crippen LogP contribution in [0.1, 0.15) is 40.7 Å². The van der Waals surface area contributed by atoms with Gasteiger partial charge in [0.15, 0.2) is 0 Å². The molecule has 1 aromatic carbocycles. The molecule has 26 heavy (non-hydrogen) atoms. The van der Waals surface area contributed by atoms with Gasteiger partial charge in [-0.3, -0.25) is 9.48 Å². The second-order valence-corrected chi connectivity index (χ2v) is 6.44. The van der Waals surface area contributed by atoms with Crippen molar-refractivity contribution in [2.24, 2.45) is 0 Å². The molecule has 0 saturated carbocycles. The molecule has 2 aromatic heterocycles. The van der Waals surface area contributed by atoms with Crippen LogP contribution >= 0.6 is 0 Å². The third kappa shape index (κ3) is 3.47. The second kappa shape index (κ2) is 7.27. The SMILES string of the molecule is CCCn1cc(C(=O)NCCc2c(C)[nH]c3c(F)cc(F)cc23)c(C)n1. The van der Waals surface area contributed by atoms with E-state index in [0.29, 0.717) is 35.1 Å². The van der Waals surface area contributed by atoms with Crippen LogP contribution in [0.3, 0.4) is 0 Å². The van der Waals surface area contributed by atoms with Crippen molar-refractivity contribution in [3.63, 3.8) is 0 Å². The lowest BCUT2D eigenvalue weighted by Crippen LogP contribution is -2.26. The number of benzene rings is 1. The number of hydrogen-bond acceptors (Lipinski definition) is 2. The molecule has 138 valence electrons. The molecule has 0 aliphatic carbocycles. The Hall–Kier alpha value is -2.70. The number of nitrogens with one attached hydrogen (secondary N) is 2. The van der Waals surface area contributed by atoms with Gasteiger partial charge in [0.05, 0.1) is 16.8 Å². The van der Waals surface area contributed by atoms with E-state index in [1.54, 1.807) is 17.8 Å². The van der Waals surface area contributed by atoms with Gasteiger partial charge in [-0.2, -0.15) is 5.10 Å². The van der Waals surface area contributed by atoms with Crippen molar-refractivity contribution in [2.75, 3.05) is 6.54 Å². The topological polar surface area (TPSA) is 62.7 Å². The first-order valence-corrected chi connectivity index (χ1v) is 8.69. The van der Waals surface area contributed by atoms with E-state index in [1.807, 2.05) is 13.8 Å². The van der Waals surface area contributed by atoms with Crippen molar-refractivity contribution in [3.8, 4) is 0 Å². The van der Waals surface area contributed by atoms with Crippen LogP contribution in [0.25, 0.3) is 10.9 Å². The van der Waals surface area contributed by atoms with Gasteiger partial charge in [0.1, 0.15) is 11.6 Å². The molecule has 0 unspecified atom stereocenters. The molecule has 3 aromatic rings. The Morgan fingerprint density at radius 1 is 1.31 bits per heavy atom. The predicted molar refractivity (Wildman–Crippen MR) is 96.2 cm³/mol. The highest BCUT2D eigenvalue weighted by Gasteiger charge is 2.15. The Labute approximate surface area is 150 Å². The summed E-state index contributed by atoms with van der Waals surface area (Å²) in [4.78, 5) is 15.3. The molecule has 0 aliphatic heterocycles. The first-order chi connectivity index (χ1) is 12.4. The van der Waals surface area contributed by atoms with Gasteiger partial charge in [-0.25, -0.2) is 8.78 Å². The van der Waals surface area contributed by atoms with E-state index in [-0.39, 0.29) is 5.91 Å². The lowest BCUT2D eigenvalue weighted by Gasteiger charge is -2.05. The summed E-state index contributed by atoms with van der Waals surface area (Å²) in [5, 5.41) is 7.70. The van der Waals surface area contributed by atoms with Crippen molar-refractivity contribution in [2.45, 2.75) is 40.2 Å². The van der Waals surface area contributed by atoms with E-state index in [1.165, 1.54) is 6.07 Å². The number of amides is 1. The fraction of sp³-hybridized carbons (Fsp3) is 0.368. The average Bonchev–Trinajstić information content (AvgIpc) is 3.09. The van der Waals surface area contributed by atoms with Gasteiger partial charge in [-0.05, 0) is 38.3 Å². The minimum Gasteiger partial charge on any atom is -0.356 e. The van der Waals surface area contributed by atoms with E-state index in [0.717, 1.165) is 30.3 Å². The largest absolute Gasteiger partial charge is 0.356 e. The van der Waals surface area contributed by atoms with Crippen molar-refractivity contribution in [1.82, 2.24) is 20.1 Å². The highest BCUT2D eigenvalue weighted by molar-refractivity contribution is 5.95. The predicted octanol–water partition coefficient (Wildman–Crippen LogP) is 3.64. The maximum Gasteiger partial charge on any atom is 0.254 e. The molecular weight excluding hydrogens is 338 g/mol. The summed E-state index contributed by atoms with van der Waals surface area (Å²) in [6.07, 6.45) is 3.16. The van der Waals surface area contributed by atoms with E-state index in [2.05, 4.69) is 15.4 Å². The summed E-state index contributed by atoms with van der Waals surface area (Å²) in [6.45, 7) is 6.79. The van der Waals surface area contributed by atoms with Crippen LogP contribution in [0.15, 0.2) is 18.3 Å². The van der Waals surface area contributed by atoms with Crippen molar-refractivity contribution >= 4 is 16.8 Å². The number of aromatic nitrogens is 3. The zero-order valence-electron chi connectivity index (χ0n) is 15.1. The summed E-state index contributed by atoms with van der Waals surface area (Å²) >= 11 is 0. The third-order valence-corrected chi connectivity index (χ3v) is 4.45. The summed E-state index contributed by atoms with van der Waals surface area (Å²) < 4.78 is 29.2. The van der Waals surface area contributed by atoms with Crippen LogP contribution in [0, 0.1) is 25.5 Å². The van der Waals surface area contributed by atoms with Crippen LogP contribution in [0.5, 0.6) is 0 Å². The van der Waals surface area contributed by atoms with E-state index in [9.17, 15) is 13.6 Å². The van der Waals surface area contributed by atoms with Crippen LogP contribution in [-0.4, -0.2) is 27.2 Å². The first-order valence-electron chi connectivity index (χ1n) is 8.69. The van der Waals surface area contributed by atoms with Gasteiger partial charge in [0, 0.05) is 36.4 Å². The molecule has 5 nitrogen and oxygen atoms in total. The normalized spacial score (nSPS) is 11.3. The second-order valence-electron chi connectivity index (χ2n) is 6.44. The van der Waals surface area contributed by atoms with Gasteiger partial charge < -0.3 is 10.3 Å². The van der Waals surface area contributed by atoms with E-state index in [4.69, 9.17) is 0 Å². The van der Waals surface area contributed by atoms with E-state index >= 15 is 0 Å². The number of H-pyrrole nitrogens is 1. The summed E-state index contributed by atoms with van der Waals surface area (Å²) in [5.74, 6) is -1.42. The number of hydrogen-bond donors (Lipinski definition) is 2. The minimum absolute atomic E-state index is 0.195. The standard InChI is InChI=1S/C19H22F2N4O/c1-4-7-25-10-16(12(3)24-25)19(26)22-6-5-14-11(2)23-18-15(14)8-13(20)9-17(18)21/h8-10,23H,4-7H2,1-3H3,(H,22,26). The molecule has 0 aliphatic rings. The monoisotopic (exact) mass is 360 g/mol. The summed E-state index contributed by atoms with van der Waals surface area (Å²) in [6, 6.07) is 2.18. The average molecular weight is 360 g/mol. The van der Waals surface area contributed by atoms with Gasteiger partial charge in [-0.15, -0.1) is 0 Å².